The van der Waals surface area contributed by atoms with E-state index in [1.807, 2.05) is 0 Å². The number of rotatable bonds is 8. The summed E-state index contributed by atoms with van der Waals surface area (Å²) in [5.41, 5.74) is 1.30. The average Bonchev–Trinajstić information content (AvgIpc) is 2.91. The maximum Gasteiger partial charge on any atom is 0.183 e. The summed E-state index contributed by atoms with van der Waals surface area (Å²) >= 11 is 0. The SMILES string of the molecule is COc1ccc(CS(=O)(=O)c2cccc3cc4c(S(=O)(=O)Cc5ccc(OC)cc5)cccc4cc23)cc1. The molecule has 0 radical (unpaired) electrons. The van der Waals surface area contributed by atoms with E-state index in [2.05, 4.69) is 0 Å². The van der Waals surface area contributed by atoms with Gasteiger partial charge in [0, 0.05) is 10.8 Å². The number of methoxy groups -OCH3 is 2. The van der Waals surface area contributed by atoms with Crippen LogP contribution in [-0.4, -0.2) is 31.1 Å². The van der Waals surface area contributed by atoms with Gasteiger partial charge in [-0.1, -0.05) is 48.5 Å². The molecule has 0 aliphatic heterocycles. The first-order chi connectivity index (χ1) is 18.2. The summed E-state index contributed by atoms with van der Waals surface area (Å²) in [5, 5.41) is 2.41. The smallest absolute Gasteiger partial charge is 0.183 e. The Hall–Kier alpha value is -3.88. The van der Waals surface area contributed by atoms with Crippen LogP contribution >= 0.6 is 0 Å². The second-order valence-electron chi connectivity index (χ2n) is 9.02. The van der Waals surface area contributed by atoms with Crippen molar-refractivity contribution in [3.05, 3.63) is 108 Å². The fourth-order valence-corrected chi connectivity index (χ4v) is 7.74. The normalized spacial score (nSPS) is 12.1. The van der Waals surface area contributed by atoms with Crippen LogP contribution < -0.4 is 9.47 Å². The maximum absolute atomic E-state index is 13.4. The fraction of sp³-hybridized carbons (Fsp3) is 0.133. The van der Waals surface area contributed by atoms with Crippen molar-refractivity contribution in [2.45, 2.75) is 21.3 Å². The van der Waals surface area contributed by atoms with Gasteiger partial charge in [-0.15, -0.1) is 0 Å². The number of hydrogen-bond donors (Lipinski definition) is 0. The minimum atomic E-state index is -3.68. The second-order valence-corrected chi connectivity index (χ2v) is 12.9. The number of hydrogen-bond acceptors (Lipinski definition) is 6. The van der Waals surface area contributed by atoms with Crippen LogP contribution in [0.3, 0.4) is 0 Å². The van der Waals surface area contributed by atoms with Gasteiger partial charge in [0.05, 0.1) is 35.5 Å². The predicted molar refractivity (Wildman–Crippen MR) is 149 cm³/mol. The van der Waals surface area contributed by atoms with E-state index in [9.17, 15) is 16.8 Å². The highest BCUT2D eigenvalue weighted by atomic mass is 32.2. The van der Waals surface area contributed by atoms with Crippen molar-refractivity contribution in [2.24, 2.45) is 0 Å². The van der Waals surface area contributed by atoms with E-state index in [1.165, 1.54) is 0 Å². The Morgan fingerprint density at radius 3 is 1.24 bits per heavy atom. The van der Waals surface area contributed by atoms with Crippen LogP contribution in [0.2, 0.25) is 0 Å². The first-order valence-corrected chi connectivity index (χ1v) is 15.2. The topological polar surface area (TPSA) is 86.7 Å². The molecule has 5 rings (SSSR count). The van der Waals surface area contributed by atoms with E-state index in [4.69, 9.17) is 9.47 Å². The van der Waals surface area contributed by atoms with Crippen LogP contribution in [0.25, 0.3) is 21.5 Å². The Kier molecular flexibility index (Phi) is 6.86. The van der Waals surface area contributed by atoms with Gasteiger partial charge in [0.25, 0.3) is 0 Å². The predicted octanol–water partition coefficient (Wildman–Crippen LogP) is 5.96. The van der Waals surface area contributed by atoms with Crippen molar-refractivity contribution in [3.63, 3.8) is 0 Å². The Morgan fingerprint density at radius 2 is 0.895 bits per heavy atom. The van der Waals surface area contributed by atoms with Gasteiger partial charge in [-0.3, -0.25) is 0 Å². The number of sulfone groups is 2. The van der Waals surface area contributed by atoms with E-state index in [-0.39, 0.29) is 21.3 Å². The van der Waals surface area contributed by atoms with Crippen molar-refractivity contribution in [1.29, 1.82) is 0 Å². The van der Waals surface area contributed by atoms with Gasteiger partial charge < -0.3 is 9.47 Å². The zero-order valence-corrected chi connectivity index (χ0v) is 22.6. The summed E-state index contributed by atoms with van der Waals surface area (Å²) in [7, 11) is -4.25. The highest BCUT2D eigenvalue weighted by Gasteiger charge is 2.22. The quantitative estimate of drug-likeness (QED) is 0.223. The molecule has 38 heavy (non-hydrogen) atoms. The van der Waals surface area contributed by atoms with Gasteiger partial charge in [0.2, 0.25) is 0 Å². The fourth-order valence-electron chi connectivity index (χ4n) is 4.57. The average molecular weight is 547 g/mol. The summed E-state index contributed by atoms with van der Waals surface area (Å²) in [6.45, 7) is 0. The maximum atomic E-state index is 13.4. The Bertz CT molecular complexity index is 1700. The molecule has 0 aliphatic rings. The molecular weight excluding hydrogens is 520 g/mol. The highest BCUT2D eigenvalue weighted by Crippen LogP contribution is 2.33. The minimum absolute atomic E-state index is 0.162. The summed E-state index contributed by atoms with van der Waals surface area (Å²) in [4.78, 5) is 0.415. The van der Waals surface area contributed by atoms with Gasteiger partial charge in [0.15, 0.2) is 19.7 Å². The number of ether oxygens (including phenoxy) is 2. The van der Waals surface area contributed by atoms with Crippen molar-refractivity contribution < 1.29 is 26.3 Å². The third-order valence-electron chi connectivity index (χ3n) is 6.50. The van der Waals surface area contributed by atoms with E-state index in [1.54, 1.807) is 111 Å². The van der Waals surface area contributed by atoms with Crippen LogP contribution in [-0.2, 0) is 31.2 Å². The lowest BCUT2D eigenvalue weighted by Gasteiger charge is -2.13. The van der Waals surface area contributed by atoms with Crippen LogP contribution in [0.5, 0.6) is 11.5 Å². The molecule has 0 atom stereocenters. The molecule has 0 aliphatic carbocycles. The molecule has 8 heteroatoms. The van der Waals surface area contributed by atoms with E-state index < -0.39 is 19.7 Å². The zero-order valence-electron chi connectivity index (χ0n) is 20.9. The molecule has 0 heterocycles. The Labute approximate surface area is 222 Å². The lowest BCUT2D eigenvalue weighted by molar-refractivity contribution is 0.414. The first-order valence-electron chi connectivity index (χ1n) is 11.9. The highest BCUT2D eigenvalue weighted by molar-refractivity contribution is 7.91. The molecule has 0 aromatic heterocycles. The molecule has 0 saturated carbocycles. The van der Waals surface area contributed by atoms with E-state index >= 15 is 0 Å². The third kappa shape index (κ3) is 5.10. The molecule has 0 saturated heterocycles. The molecule has 0 bridgehead atoms. The molecule has 0 unspecified atom stereocenters. The van der Waals surface area contributed by atoms with Crippen LogP contribution in [0.4, 0.5) is 0 Å². The third-order valence-corrected chi connectivity index (χ3v) is 9.98. The molecule has 0 N–H and O–H groups in total. The standard InChI is InChI=1S/C30H26O6S2/c1-35-25-13-9-21(10-14-25)19-37(31,32)29-7-3-5-23-18-28-24(17-27(23)29)6-4-8-30(28)38(33,34)20-22-11-15-26(36-2)16-12-22/h3-18H,19-20H2,1-2H3. The van der Waals surface area contributed by atoms with E-state index in [0.29, 0.717) is 44.2 Å². The molecule has 0 amide bonds. The molecule has 6 nitrogen and oxygen atoms in total. The van der Waals surface area contributed by atoms with Crippen molar-refractivity contribution in [3.8, 4) is 11.5 Å². The van der Waals surface area contributed by atoms with Gasteiger partial charge in [-0.2, -0.15) is 0 Å². The molecule has 0 fully saturated rings. The van der Waals surface area contributed by atoms with Crippen LogP contribution in [0.15, 0.2) is 107 Å². The minimum Gasteiger partial charge on any atom is -0.497 e. The molecule has 5 aromatic carbocycles. The van der Waals surface area contributed by atoms with Crippen LogP contribution in [0.1, 0.15) is 11.1 Å². The summed E-state index contributed by atoms with van der Waals surface area (Å²) in [6, 6.07) is 27.5. The molecule has 0 spiro atoms. The summed E-state index contributed by atoms with van der Waals surface area (Å²) in [5.74, 6) is 0.982. The first kappa shape index (κ1) is 25.8. The molecule has 194 valence electrons. The molecule has 5 aromatic rings. The van der Waals surface area contributed by atoms with E-state index in [0.717, 1.165) is 0 Å². The van der Waals surface area contributed by atoms with Gasteiger partial charge in [-0.25, -0.2) is 16.8 Å². The van der Waals surface area contributed by atoms with Crippen LogP contribution in [0, 0.1) is 0 Å². The lowest BCUT2D eigenvalue weighted by atomic mass is 10.0. The van der Waals surface area contributed by atoms with Crippen molar-refractivity contribution in [1.82, 2.24) is 0 Å². The van der Waals surface area contributed by atoms with Crippen molar-refractivity contribution >= 4 is 41.2 Å². The number of benzene rings is 5. The Balaban J connectivity index is 1.56. The lowest BCUT2D eigenvalue weighted by Crippen LogP contribution is -2.07. The summed E-state index contributed by atoms with van der Waals surface area (Å²) in [6.07, 6.45) is 0. The second kappa shape index (κ2) is 10.1. The molecular formula is C30H26O6S2. The largest absolute Gasteiger partial charge is 0.497 e. The van der Waals surface area contributed by atoms with Gasteiger partial charge in [-0.05, 0) is 70.4 Å². The summed E-state index contributed by atoms with van der Waals surface area (Å²) < 4.78 is 64.1. The van der Waals surface area contributed by atoms with Gasteiger partial charge in [0.1, 0.15) is 11.5 Å². The van der Waals surface area contributed by atoms with Crippen molar-refractivity contribution in [2.75, 3.05) is 14.2 Å². The Morgan fingerprint density at radius 1 is 0.526 bits per heavy atom. The monoisotopic (exact) mass is 546 g/mol. The van der Waals surface area contributed by atoms with Gasteiger partial charge >= 0.3 is 0 Å². The zero-order chi connectivity index (χ0) is 26.9. The number of fused-ring (bicyclic) bond motifs is 2.